The van der Waals surface area contributed by atoms with Crippen LogP contribution in [0.4, 0.5) is 0 Å². The Balaban J connectivity index is 1.32. The maximum absolute atomic E-state index is 12.8. The Labute approximate surface area is 185 Å². The van der Waals surface area contributed by atoms with E-state index in [1.165, 1.54) is 48.9 Å². The van der Waals surface area contributed by atoms with Crippen LogP contribution in [0, 0.1) is 28.6 Å². The standard InChI is InChI=1S/C27H34N2O2/c1-26-14-12-22-19(21(26)9-8-20(26)17-4-11-24(31-3)28-16-17)7-10-23-27(22,2)15-13-25(30)29(23)18-5-6-18/h4,8,10-11,16,18-19,21-22H,5-7,9,12-15H2,1-3H3/t19-,21-,22-,26+,27+/m0/s1. The number of fused-ring (bicyclic) bond motifs is 5. The molecule has 5 atom stereocenters. The van der Waals surface area contributed by atoms with Gasteiger partial charge in [0.05, 0.1) is 7.11 Å². The van der Waals surface area contributed by atoms with Crippen molar-refractivity contribution in [3.05, 3.63) is 41.7 Å². The molecule has 6 rings (SSSR count). The lowest BCUT2D eigenvalue weighted by Gasteiger charge is -2.58. The van der Waals surface area contributed by atoms with E-state index in [2.05, 4.69) is 41.9 Å². The van der Waals surface area contributed by atoms with Gasteiger partial charge in [0.1, 0.15) is 0 Å². The molecule has 0 spiro atoms. The summed E-state index contributed by atoms with van der Waals surface area (Å²) in [7, 11) is 1.67. The summed E-state index contributed by atoms with van der Waals surface area (Å²) in [4.78, 5) is 19.5. The van der Waals surface area contributed by atoms with Crippen molar-refractivity contribution >= 4 is 11.5 Å². The van der Waals surface area contributed by atoms with E-state index >= 15 is 0 Å². The number of amides is 1. The maximum atomic E-state index is 12.8. The lowest BCUT2D eigenvalue weighted by molar-refractivity contribution is -0.137. The van der Waals surface area contributed by atoms with Crippen LogP contribution in [0.1, 0.15) is 70.8 Å². The topological polar surface area (TPSA) is 42.4 Å². The van der Waals surface area contributed by atoms with Gasteiger partial charge in [-0.15, -0.1) is 0 Å². The molecule has 1 aliphatic heterocycles. The predicted octanol–water partition coefficient (Wildman–Crippen LogP) is 5.60. The van der Waals surface area contributed by atoms with Gasteiger partial charge >= 0.3 is 0 Å². The van der Waals surface area contributed by atoms with Gasteiger partial charge in [0.2, 0.25) is 11.8 Å². The molecule has 4 heteroatoms. The van der Waals surface area contributed by atoms with E-state index in [1.54, 1.807) is 7.11 Å². The monoisotopic (exact) mass is 418 g/mol. The lowest BCUT2D eigenvalue weighted by atomic mass is 9.49. The Morgan fingerprint density at radius 2 is 1.87 bits per heavy atom. The Morgan fingerprint density at radius 1 is 1.03 bits per heavy atom. The minimum absolute atomic E-state index is 0.172. The van der Waals surface area contributed by atoms with Crippen LogP contribution < -0.4 is 4.74 Å². The zero-order chi connectivity index (χ0) is 21.4. The van der Waals surface area contributed by atoms with Crippen molar-refractivity contribution in [1.82, 2.24) is 9.88 Å². The fourth-order valence-corrected chi connectivity index (χ4v) is 7.79. The first-order chi connectivity index (χ1) is 15.0. The van der Waals surface area contributed by atoms with Gasteiger partial charge in [-0.1, -0.05) is 26.0 Å². The number of ether oxygens (including phenoxy) is 1. The zero-order valence-corrected chi connectivity index (χ0v) is 19.1. The molecular formula is C27H34N2O2. The Hall–Kier alpha value is -2.10. The summed E-state index contributed by atoms with van der Waals surface area (Å²) in [6.07, 6.45) is 15.9. The lowest BCUT2D eigenvalue weighted by Crippen LogP contribution is -2.54. The number of allylic oxidation sites excluding steroid dienone is 4. The van der Waals surface area contributed by atoms with Gasteiger partial charge in [0.15, 0.2) is 0 Å². The van der Waals surface area contributed by atoms with Crippen LogP contribution in [-0.2, 0) is 4.79 Å². The van der Waals surface area contributed by atoms with Gasteiger partial charge in [-0.05, 0) is 85.3 Å². The molecule has 5 aliphatic rings. The molecule has 0 radical (unpaired) electrons. The van der Waals surface area contributed by atoms with Crippen LogP contribution in [0.25, 0.3) is 5.57 Å². The number of pyridine rings is 1. The first-order valence-corrected chi connectivity index (χ1v) is 12.2. The van der Waals surface area contributed by atoms with Gasteiger partial charge in [-0.3, -0.25) is 4.79 Å². The average Bonchev–Trinajstić information content (AvgIpc) is 3.54. The van der Waals surface area contributed by atoms with Crippen LogP contribution in [-0.4, -0.2) is 28.9 Å². The number of piperidine rings is 1. The Kier molecular flexibility index (Phi) is 4.23. The number of carbonyl (C=O) groups is 1. The number of hydrogen-bond donors (Lipinski definition) is 0. The molecule has 2 heterocycles. The molecule has 0 unspecified atom stereocenters. The largest absolute Gasteiger partial charge is 0.481 e. The molecule has 1 saturated heterocycles. The highest BCUT2D eigenvalue weighted by molar-refractivity contribution is 5.81. The maximum Gasteiger partial charge on any atom is 0.227 e. The Morgan fingerprint density at radius 3 is 2.58 bits per heavy atom. The third-order valence-electron chi connectivity index (χ3n) is 9.56. The summed E-state index contributed by atoms with van der Waals surface area (Å²) in [6, 6.07) is 4.66. The molecule has 31 heavy (non-hydrogen) atoms. The quantitative estimate of drug-likeness (QED) is 0.641. The second kappa shape index (κ2) is 6.70. The summed E-state index contributed by atoms with van der Waals surface area (Å²) in [6.45, 7) is 4.98. The molecular weight excluding hydrogens is 384 g/mol. The molecule has 1 aromatic rings. The van der Waals surface area contributed by atoms with Crippen molar-refractivity contribution in [2.24, 2.45) is 28.6 Å². The van der Waals surface area contributed by atoms with E-state index in [0.29, 0.717) is 35.6 Å². The number of rotatable bonds is 3. The summed E-state index contributed by atoms with van der Waals surface area (Å²) in [5, 5.41) is 0. The first kappa shape index (κ1) is 19.6. The van der Waals surface area contributed by atoms with E-state index in [4.69, 9.17) is 4.74 Å². The fraction of sp³-hybridized carbons (Fsp3) is 0.630. The second-order valence-electron chi connectivity index (χ2n) is 11.0. The number of likely N-dealkylation sites (tertiary alicyclic amines) is 1. The molecule has 0 aromatic carbocycles. The molecule has 1 aromatic heterocycles. The highest BCUT2D eigenvalue weighted by Crippen LogP contribution is 2.66. The molecule has 0 bridgehead atoms. The summed E-state index contributed by atoms with van der Waals surface area (Å²) in [5.41, 5.74) is 4.53. The highest BCUT2D eigenvalue weighted by Gasteiger charge is 2.59. The highest BCUT2D eigenvalue weighted by atomic mass is 16.5. The molecule has 3 fully saturated rings. The van der Waals surface area contributed by atoms with Gasteiger partial charge in [0.25, 0.3) is 0 Å². The van der Waals surface area contributed by atoms with Crippen molar-refractivity contribution in [1.29, 1.82) is 0 Å². The van der Waals surface area contributed by atoms with Gasteiger partial charge in [0, 0.05) is 35.8 Å². The van der Waals surface area contributed by atoms with Gasteiger partial charge in [-0.2, -0.15) is 0 Å². The van der Waals surface area contributed by atoms with Crippen LogP contribution in [0.3, 0.4) is 0 Å². The number of hydrogen-bond acceptors (Lipinski definition) is 3. The van der Waals surface area contributed by atoms with Crippen molar-refractivity contribution in [3.63, 3.8) is 0 Å². The number of aromatic nitrogens is 1. The summed E-state index contributed by atoms with van der Waals surface area (Å²) < 4.78 is 5.27. The number of carbonyl (C=O) groups excluding carboxylic acids is 1. The predicted molar refractivity (Wildman–Crippen MR) is 121 cm³/mol. The third kappa shape index (κ3) is 2.72. The van der Waals surface area contributed by atoms with Crippen molar-refractivity contribution in [2.45, 2.75) is 71.3 Å². The molecule has 164 valence electrons. The van der Waals surface area contributed by atoms with Crippen LogP contribution in [0.5, 0.6) is 5.88 Å². The van der Waals surface area contributed by atoms with E-state index in [-0.39, 0.29) is 10.8 Å². The van der Waals surface area contributed by atoms with Crippen molar-refractivity contribution in [2.75, 3.05) is 7.11 Å². The van der Waals surface area contributed by atoms with E-state index in [0.717, 1.165) is 19.3 Å². The molecule has 0 N–H and O–H groups in total. The SMILES string of the molecule is COc1ccc(C2=CC[C@H]3[C@@H]4CC=C5N(C6CC6)C(=O)CC[C@]5(C)[C@H]4CC[C@]23C)cn1. The Bertz CT molecular complexity index is 975. The number of methoxy groups -OCH3 is 1. The fourth-order valence-electron chi connectivity index (χ4n) is 7.79. The first-order valence-electron chi connectivity index (χ1n) is 12.2. The normalized spacial score (nSPS) is 39.3. The average molecular weight is 419 g/mol. The molecule has 4 aliphatic carbocycles. The zero-order valence-electron chi connectivity index (χ0n) is 19.1. The van der Waals surface area contributed by atoms with Crippen LogP contribution >= 0.6 is 0 Å². The van der Waals surface area contributed by atoms with Gasteiger partial charge < -0.3 is 9.64 Å². The molecule has 1 amide bonds. The van der Waals surface area contributed by atoms with Crippen LogP contribution in [0.2, 0.25) is 0 Å². The molecule has 2 saturated carbocycles. The van der Waals surface area contributed by atoms with E-state index < -0.39 is 0 Å². The number of nitrogens with zero attached hydrogens (tertiary/aromatic N) is 2. The van der Waals surface area contributed by atoms with Crippen molar-refractivity contribution < 1.29 is 9.53 Å². The van der Waals surface area contributed by atoms with Gasteiger partial charge in [-0.25, -0.2) is 4.98 Å². The third-order valence-corrected chi connectivity index (χ3v) is 9.56. The smallest absolute Gasteiger partial charge is 0.227 e. The summed E-state index contributed by atoms with van der Waals surface area (Å²) >= 11 is 0. The molecule has 4 nitrogen and oxygen atoms in total. The second-order valence-corrected chi connectivity index (χ2v) is 11.0. The van der Waals surface area contributed by atoms with Crippen LogP contribution in [0.15, 0.2) is 36.2 Å². The van der Waals surface area contributed by atoms with E-state index in [1.807, 2.05) is 12.3 Å². The van der Waals surface area contributed by atoms with E-state index in [9.17, 15) is 4.79 Å². The van der Waals surface area contributed by atoms with Crippen molar-refractivity contribution in [3.8, 4) is 5.88 Å². The minimum atomic E-state index is 0.172. The summed E-state index contributed by atoms with van der Waals surface area (Å²) in [5.74, 6) is 3.15. The minimum Gasteiger partial charge on any atom is -0.481 e.